The number of hydrogen-bond donors (Lipinski definition) is 3. The predicted octanol–water partition coefficient (Wildman–Crippen LogP) is 4.04. The van der Waals surface area contributed by atoms with Gasteiger partial charge in [-0.05, 0) is 85.7 Å². The number of nitrogens with one attached hydrogen (secondary N) is 3. The second-order valence-corrected chi connectivity index (χ2v) is 13.4. The Morgan fingerprint density at radius 1 is 0.891 bits per heavy atom. The third-order valence-corrected chi connectivity index (χ3v) is 10.6. The molecule has 0 saturated carbocycles. The lowest BCUT2D eigenvalue weighted by Crippen LogP contribution is -2.59. The molecule has 10 nitrogen and oxygen atoms in total. The summed E-state index contributed by atoms with van der Waals surface area (Å²) in [6, 6.07) is 16.4. The molecule has 10 heteroatoms. The van der Waals surface area contributed by atoms with E-state index in [1.54, 1.807) is 0 Å². The van der Waals surface area contributed by atoms with E-state index in [0.29, 0.717) is 26.1 Å². The Balaban J connectivity index is 1.03. The van der Waals surface area contributed by atoms with E-state index < -0.39 is 5.92 Å². The Bertz CT molecular complexity index is 1540. The minimum atomic E-state index is -0.417. The lowest BCUT2D eigenvalue weighted by atomic mass is 9.91. The van der Waals surface area contributed by atoms with Gasteiger partial charge in [-0.25, -0.2) is 4.79 Å². The highest BCUT2D eigenvalue weighted by atomic mass is 16.2. The number of nitrogens with zero attached hydrogens (tertiary/aromatic N) is 4. The number of H-pyrrole nitrogens is 1. The summed E-state index contributed by atoms with van der Waals surface area (Å²) in [5.41, 5.74) is 4.20. The number of carbonyl (C=O) groups is 3. The van der Waals surface area contributed by atoms with Crippen LogP contribution >= 0.6 is 0 Å². The molecule has 7 rings (SSSR count). The second-order valence-electron chi connectivity index (χ2n) is 13.4. The van der Waals surface area contributed by atoms with Crippen LogP contribution < -0.4 is 10.6 Å². The van der Waals surface area contributed by atoms with Gasteiger partial charge >= 0.3 is 6.03 Å². The molecule has 2 atom stereocenters. The molecule has 0 bridgehead atoms. The zero-order valence-electron chi connectivity index (χ0n) is 26.8. The van der Waals surface area contributed by atoms with Crippen LogP contribution in [0.3, 0.4) is 0 Å². The molecule has 4 aliphatic heterocycles. The maximum absolute atomic E-state index is 14.5. The van der Waals surface area contributed by atoms with Crippen LogP contribution in [0.5, 0.6) is 0 Å². The van der Waals surface area contributed by atoms with Crippen LogP contribution in [0.15, 0.2) is 54.7 Å². The van der Waals surface area contributed by atoms with Gasteiger partial charge in [0.25, 0.3) is 0 Å². The standard InChI is InChI=1S/C36H47N7O3/c44-34(41-18-12-30(13-19-41)42-20-11-27-5-1-2-6-32(27)39-36(42)46)25-29(24-26-8-9-31-28(23-26)10-14-38-31)35(45)43-17-4-3-7-33(43)40-21-15-37-16-22-40/h1-2,5-6,8-10,14,23,29-30,33,37-38H,3-4,7,11-13,15-22,24-25H2,(H,39,46). The van der Waals surface area contributed by atoms with Crippen LogP contribution in [0.4, 0.5) is 10.5 Å². The van der Waals surface area contributed by atoms with Crippen molar-refractivity contribution in [3.8, 4) is 0 Å². The summed E-state index contributed by atoms with van der Waals surface area (Å²) in [5, 5.41) is 7.65. The molecule has 0 radical (unpaired) electrons. The molecule has 0 spiro atoms. The fraction of sp³-hybridized carbons (Fsp3) is 0.528. The Morgan fingerprint density at radius 3 is 2.57 bits per heavy atom. The van der Waals surface area contributed by atoms with E-state index >= 15 is 0 Å². The Morgan fingerprint density at radius 2 is 1.72 bits per heavy atom. The van der Waals surface area contributed by atoms with E-state index in [0.717, 1.165) is 99.0 Å². The van der Waals surface area contributed by atoms with Gasteiger partial charge in [0.15, 0.2) is 0 Å². The number of anilines is 1. The maximum atomic E-state index is 14.5. The monoisotopic (exact) mass is 625 g/mol. The van der Waals surface area contributed by atoms with E-state index in [9.17, 15) is 14.4 Å². The van der Waals surface area contributed by atoms with Crippen LogP contribution in [-0.2, 0) is 22.4 Å². The van der Waals surface area contributed by atoms with Crippen molar-refractivity contribution in [2.75, 3.05) is 57.7 Å². The summed E-state index contributed by atoms with van der Waals surface area (Å²) < 4.78 is 0. The van der Waals surface area contributed by atoms with E-state index in [-0.39, 0.29) is 36.5 Å². The molecule has 46 heavy (non-hydrogen) atoms. The molecule has 3 N–H and O–H groups in total. The second kappa shape index (κ2) is 13.8. The van der Waals surface area contributed by atoms with Crippen LogP contribution in [0.25, 0.3) is 10.9 Å². The number of aromatic amines is 1. The fourth-order valence-corrected chi connectivity index (χ4v) is 8.03. The molecule has 2 unspecified atom stereocenters. The van der Waals surface area contributed by atoms with Gasteiger partial charge in [0, 0.05) is 82.2 Å². The van der Waals surface area contributed by atoms with Gasteiger partial charge in [0.2, 0.25) is 11.8 Å². The number of benzene rings is 2. The number of hydrogen-bond acceptors (Lipinski definition) is 5. The van der Waals surface area contributed by atoms with Gasteiger partial charge in [-0.15, -0.1) is 0 Å². The van der Waals surface area contributed by atoms with Crippen molar-refractivity contribution in [2.24, 2.45) is 5.92 Å². The Labute approximate surface area is 271 Å². The van der Waals surface area contributed by atoms with Crippen LogP contribution in [0, 0.1) is 5.92 Å². The van der Waals surface area contributed by atoms with Gasteiger partial charge in [0.05, 0.1) is 12.1 Å². The molecule has 5 heterocycles. The van der Waals surface area contributed by atoms with Crippen molar-refractivity contribution in [1.82, 2.24) is 29.9 Å². The van der Waals surface area contributed by atoms with Crippen molar-refractivity contribution >= 4 is 34.4 Å². The lowest BCUT2D eigenvalue weighted by molar-refractivity contribution is -0.148. The molecule has 4 amide bonds. The fourth-order valence-electron chi connectivity index (χ4n) is 8.03. The van der Waals surface area contributed by atoms with E-state index in [4.69, 9.17) is 0 Å². The van der Waals surface area contributed by atoms with Crippen molar-refractivity contribution in [1.29, 1.82) is 0 Å². The number of carbonyl (C=O) groups excluding carboxylic acids is 3. The van der Waals surface area contributed by atoms with Gasteiger partial charge in [-0.2, -0.15) is 0 Å². The highest BCUT2D eigenvalue weighted by Gasteiger charge is 2.38. The Kier molecular flexibility index (Phi) is 9.26. The first kappa shape index (κ1) is 30.7. The molecule has 244 valence electrons. The maximum Gasteiger partial charge on any atom is 0.322 e. The molecule has 3 aromatic rings. The van der Waals surface area contributed by atoms with Gasteiger partial charge < -0.3 is 30.3 Å². The third-order valence-electron chi connectivity index (χ3n) is 10.6. The van der Waals surface area contributed by atoms with Gasteiger partial charge in [-0.1, -0.05) is 24.3 Å². The molecule has 2 aromatic carbocycles. The van der Waals surface area contributed by atoms with Crippen LogP contribution in [0.1, 0.15) is 49.7 Å². The topological polar surface area (TPSA) is 104 Å². The van der Waals surface area contributed by atoms with Gasteiger partial charge in [-0.3, -0.25) is 14.5 Å². The SMILES string of the molecule is O=C(CC(Cc1ccc2[nH]ccc2c1)C(=O)N1CCCCC1N1CCNCC1)N1CCC(N2CCc3ccccc3NC2=O)CC1. The van der Waals surface area contributed by atoms with Crippen molar-refractivity contribution in [3.05, 3.63) is 65.9 Å². The molecular formula is C36H47N7O3. The summed E-state index contributed by atoms with van der Waals surface area (Å²) in [4.78, 5) is 53.2. The van der Waals surface area contributed by atoms with Crippen molar-refractivity contribution in [3.63, 3.8) is 0 Å². The number of fused-ring (bicyclic) bond motifs is 2. The lowest BCUT2D eigenvalue weighted by Gasteiger charge is -2.45. The molecule has 4 aliphatic rings. The summed E-state index contributed by atoms with van der Waals surface area (Å²) in [5.74, 6) is -0.260. The van der Waals surface area contributed by atoms with Gasteiger partial charge in [0.1, 0.15) is 0 Å². The normalized spacial score (nSPS) is 22.3. The molecular weight excluding hydrogens is 578 g/mol. The number of amides is 4. The largest absolute Gasteiger partial charge is 0.361 e. The molecule has 1 aromatic heterocycles. The Hall–Kier alpha value is -3.89. The van der Waals surface area contributed by atoms with Crippen LogP contribution in [-0.4, -0.2) is 107 Å². The smallest absolute Gasteiger partial charge is 0.322 e. The average Bonchev–Trinajstić information content (AvgIpc) is 3.50. The molecule has 3 saturated heterocycles. The highest BCUT2D eigenvalue weighted by molar-refractivity contribution is 5.91. The minimum Gasteiger partial charge on any atom is -0.361 e. The zero-order valence-corrected chi connectivity index (χ0v) is 26.8. The first-order valence-corrected chi connectivity index (χ1v) is 17.3. The number of piperazine rings is 1. The number of para-hydroxylation sites is 1. The predicted molar refractivity (Wildman–Crippen MR) is 179 cm³/mol. The summed E-state index contributed by atoms with van der Waals surface area (Å²) in [6.07, 6.45) is 8.22. The summed E-state index contributed by atoms with van der Waals surface area (Å²) >= 11 is 0. The number of likely N-dealkylation sites (tertiary alicyclic amines) is 2. The highest BCUT2D eigenvalue weighted by Crippen LogP contribution is 2.29. The zero-order chi connectivity index (χ0) is 31.5. The third kappa shape index (κ3) is 6.64. The molecule has 0 aliphatic carbocycles. The van der Waals surface area contributed by atoms with Crippen molar-refractivity contribution in [2.45, 2.75) is 63.6 Å². The van der Waals surface area contributed by atoms with E-state index in [1.165, 1.54) is 0 Å². The number of aromatic nitrogens is 1. The van der Waals surface area contributed by atoms with E-state index in [1.807, 2.05) is 34.2 Å². The molecule has 3 fully saturated rings. The number of urea groups is 1. The number of piperidine rings is 2. The van der Waals surface area contributed by atoms with Crippen LogP contribution in [0.2, 0.25) is 0 Å². The van der Waals surface area contributed by atoms with Crippen molar-refractivity contribution < 1.29 is 14.4 Å². The van der Waals surface area contributed by atoms with E-state index in [2.05, 4.69) is 55.7 Å². The quantitative estimate of drug-likeness (QED) is 0.368. The first-order chi connectivity index (χ1) is 22.5. The number of rotatable bonds is 7. The first-order valence-electron chi connectivity index (χ1n) is 17.3. The average molecular weight is 626 g/mol. The summed E-state index contributed by atoms with van der Waals surface area (Å²) in [7, 11) is 0. The summed E-state index contributed by atoms with van der Waals surface area (Å²) in [6.45, 7) is 6.40. The minimum absolute atomic E-state index is 0.0444.